The largest absolute Gasteiger partial charge is 0.487 e. The summed E-state index contributed by atoms with van der Waals surface area (Å²) in [6, 6.07) is 11.2. The molecule has 1 aliphatic heterocycles. The molecule has 0 unspecified atom stereocenters. The minimum absolute atomic E-state index is 0.132. The van der Waals surface area contributed by atoms with Gasteiger partial charge in [0.15, 0.2) is 5.76 Å². The van der Waals surface area contributed by atoms with Crippen LogP contribution in [0, 0.1) is 6.92 Å². The summed E-state index contributed by atoms with van der Waals surface area (Å²) in [6.45, 7) is 6.30. The molecule has 0 saturated heterocycles. The fourth-order valence-corrected chi connectivity index (χ4v) is 4.17. The summed E-state index contributed by atoms with van der Waals surface area (Å²) in [5.74, 6) is 0.783. The molecule has 1 amide bonds. The van der Waals surface area contributed by atoms with Crippen LogP contribution < -0.4 is 10.1 Å². The maximum Gasteiger partial charge on any atom is 0.287 e. The second kappa shape index (κ2) is 7.39. The molecule has 0 saturated carbocycles. The Hall–Kier alpha value is -2.50. The first kappa shape index (κ1) is 19.8. The molecular weight excluding hydrogens is 390 g/mol. The molecule has 0 radical (unpaired) electrons. The van der Waals surface area contributed by atoms with Crippen LogP contribution in [0.2, 0.25) is 5.02 Å². The maximum absolute atomic E-state index is 12.8. The van der Waals surface area contributed by atoms with Gasteiger partial charge in [-0.2, -0.15) is 0 Å². The van der Waals surface area contributed by atoms with Crippen molar-refractivity contribution < 1.29 is 18.7 Å². The number of furan rings is 1. The molecule has 5 nitrogen and oxygen atoms in total. The number of amides is 1. The van der Waals surface area contributed by atoms with Crippen molar-refractivity contribution in [1.82, 2.24) is 5.32 Å². The average Bonchev–Trinajstić information content (AvgIpc) is 3.02. The normalized spacial score (nSPS) is 17.6. The SMILES string of the molecule is CO[C@@H]1CC(C)(C)Oc2ccc3oc(C(=O)NCc4ccccc4Cl)c(C)c3c21. The number of aryl methyl sites for hydroxylation is 1. The Labute approximate surface area is 174 Å². The highest BCUT2D eigenvalue weighted by atomic mass is 35.5. The van der Waals surface area contributed by atoms with Crippen molar-refractivity contribution in [2.24, 2.45) is 0 Å². The first-order valence-electron chi connectivity index (χ1n) is 9.60. The minimum Gasteiger partial charge on any atom is -0.487 e. The van der Waals surface area contributed by atoms with E-state index in [0.717, 1.165) is 27.8 Å². The van der Waals surface area contributed by atoms with Crippen LogP contribution >= 0.6 is 11.6 Å². The zero-order valence-corrected chi connectivity index (χ0v) is 17.7. The second-order valence-electron chi connectivity index (χ2n) is 7.97. The Bertz CT molecular complexity index is 1090. The third kappa shape index (κ3) is 3.61. The van der Waals surface area contributed by atoms with Crippen LogP contribution in [0.1, 0.15) is 53.6 Å². The van der Waals surface area contributed by atoms with Crippen molar-refractivity contribution in [2.45, 2.75) is 45.4 Å². The molecule has 2 heterocycles. The van der Waals surface area contributed by atoms with E-state index in [2.05, 4.69) is 5.32 Å². The highest BCUT2D eigenvalue weighted by Crippen LogP contribution is 2.46. The molecule has 1 N–H and O–H groups in total. The third-order valence-corrected chi connectivity index (χ3v) is 5.74. The molecule has 1 aliphatic rings. The molecule has 1 aromatic heterocycles. The molecule has 4 rings (SSSR count). The van der Waals surface area contributed by atoms with Gasteiger partial charge in [-0.15, -0.1) is 0 Å². The zero-order chi connectivity index (χ0) is 20.8. The number of carbonyl (C=O) groups is 1. The molecule has 0 aliphatic carbocycles. The van der Waals surface area contributed by atoms with Crippen LogP contribution in [-0.4, -0.2) is 18.6 Å². The van der Waals surface area contributed by atoms with Gasteiger partial charge in [-0.25, -0.2) is 0 Å². The van der Waals surface area contributed by atoms with Crippen molar-refractivity contribution in [3.63, 3.8) is 0 Å². The molecule has 0 fully saturated rings. The molecule has 0 bridgehead atoms. The van der Waals surface area contributed by atoms with Crippen LogP contribution in [0.15, 0.2) is 40.8 Å². The highest BCUT2D eigenvalue weighted by molar-refractivity contribution is 6.31. The first-order valence-corrected chi connectivity index (χ1v) is 9.98. The molecule has 1 atom stereocenters. The Morgan fingerprint density at radius 3 is 2.76 bits per heavy atom. The number of hydrogen-bond acceptors (Lipinski definition) is 4. The maximum atomic E-state index is 12.8. The van der Waals surface area contributed by atoms with Gasteiger partial charge in [0.1, 0.15) is 16.9 Å². The molecular formula is C23H24ClNO4. The Kier molecular flexibility index (Phi) is 5.05. The summed E-state index contributed by atoms with van der Waals surface area (Å²) in [4.78, 5) is 12.8. The van der Waals surface area contributed by atoms with Crippen molar-refractivity contribution >= 4 is 28.5 Å². The number of ether oxygens (including phenoxy) is 2. The van der Waals surface area contributed by atoms with E-state index in [-0.39, 0.29) is 17.6 Å². The Morgan fingerprint density at radius 2 is 2.03 bits per heavy atom. The van der Waals surface area contributed by atoms with E-state index in [1.807, 2.05) is 51.1 Å². The number of nitrogens with one attached hydrogen (secondary N) is 1. The van der Waals surface area contributed by atoms with E-state index in [4.69, 9.17) is 25.5 Å². The van der Waals surface area contributed by atoms with Crippen LogP contribution in [0.25, 0.3) is 11.0 Å². The fourth-order valence-electron chi connectivity index (χ4n) is 3.96. The minimum atomic E-state index is -0.325. The smallest absolute Gasteiger partial charge is 0.287 e. The van der Waals surface area contributed by atoms with E-state index >= 15 is 0 Å². The van der Waals surface area contributed by atoms with E-state index in [9.17, 15) is 4.79 Å². The Morgan fingerprint density at radius 1 is 1.28 bits per heavy atom. The first-order chi connectivity index (χ1) is 13.8. The third-order valence-electron chi connectivity index (χ3n) is 5.37. The number of halogens is 1. The van der Waals surface area contributed by atoms with E-state index < -0.39 is 0 Å². The van der Waals surface area contributed by atoms with Gasteiger partial charge in [-0.3, -0.25) is 4.79 Å². The van der Waals surface area contributed by atoms with Crippen LogP contribution in [0.3, 0.4) is 0 Å². The monoisotopic (exact) mass is 413 g/mol. The van der Waals surface area contributed by atoms with Crippen LogP contribution in [-0.2, 0) is 11.3 Å². The van der Waals surface area contributed by atoms with Gasteiger partial charge >= 0.3 is 0 Å². The molecule has 6 heteroatoms. The standard InChI is InChI=1S/C23H24ClNO4/c1-13-19-16(9-10-17-20(19)18(27-4)11-23(2,3)29-17)28-21(13)22(26)25-12-14-7-5-6-8-15(14)24/h5-10,18H,11-12H2,1-4H3,(H,25,26)/t18-/m1/s1. The Balaban J connectivity index is 1.70. The van der Waals surface area contributed by atoms with E-state index in [1.165, 1.54) is 0 Å². The lowest BCUT2D eigenvalue weighted by molar-refractivity contribution is -0.00978. The topological polar surface area (TPSA) is 60.7 Å². The molecule has 152 valence electrons. The highest BCUT2D eigenvalue weighted by Gasteiger charge is 2.36. The van der Waals surface area contributed by atoms with Crippen molar-refractivity contribution in [3.05, 3.63) is 63.9 Å². The molecule has 2 aromatic carbocycles. The fraction of sp³-hybridized carbons (Fsp3) is 0.348. The lowest BCUT2D eigenvalue weighted by Crippen LogP contribution is -2.35. The van der Waals surface area contributed by atoms with E-state index in [0.29, 0.717) is 29.3 Å². The number of fused-ring (bicyclic) bond motifs is 3. The average molecular weight is 414 g/mol. The van der Waals surface area contributed by atoms with Gasteiger partial charge in [0.25, 0.3) is 5.91 Å². The number of rotatable bonds is 4. The summed E-state index contributed by atoms with van der Waals surface area (Å²) < 4.78 is 17.9. The number of carbonyl (C=O) groups excluding carboxylic acids is 1. The van der Waals surface area contributed by atoms with Gasteiger partial charge in [0, 0.05) is 41.6 Å². The zero-order valence-electron chi connectivity index (χ0n) is 17.0. The van der Waals surface area contributed by atoms with Gasteiger partial charge in [-0.05, 0) is 44.5 Å². The van der Waals surface area contributed by atoms with Crippen molar-refractivity contribution in [2.75, 3.05) is 7.11 Å². The lowest BCUT2D eigenvalue weighted by Gasteiger charge is -2.37. The van der Waals surface area contributed by atoms with Gasteiger partial charge in [0.2, 0.25) is 0 Å². The number of hydrogen-bond donors (Lipinski definition) is 1. The molecule has 0 spiro atoms. The van der Waals surface area contributed by atoms with Gasteiger partial charge in [0.05, 0.1) is 6.10 Å². The molecule has 29 heavy (non-hydrogen) atoms. The summed E-state index contributed by atoms with van der Waals surface area (Å²) in [7, 11) is 1.70. The predicted octanol–water partition coefficient (Wildman–Crippen LogP) is 5.57. The van der Waals surface area contributed by atoms with Gasteiger partial charge in [-0.1, -0.05) is 29.8 Å². The molecule has 3 aromatic rings. The summed E-state index contributed by atoms with van der Waals surface area (Å²) in [5, 5.41) is 4.40. The second-order valence-corrected chi connectivity index (χ2v) is 8.38. The van der Waals surface area contributed by atoms with E-state index in [1.54, 1.807) is 13.2 Å². The predicted molar refractivity (Wildman–Crippen MR) is 113 cm³/mol. The number of benzene rings is 2. The van der Waals surface area contributed by atoms with Gasteiger partial charge < -0.3 is 19.2 Å². The van der Waals surface area contributed by atoms with Crippen molar-refractivity contribution in [3.8, 4) is 5.75 Å². The number of methoxy groups -OCH3 is 1. The van der Waals surface area contributed by atoms with Crippen molar-refractivity contribution in [1.29, 1.82) is 0 Å². The van der Waals surface area contributed by atoms with Crippen LogP contribution in [0.5, 0.6) is 5.75 Å². The summed E-state index contributed by atoms with van der Waals surface area (Å²) in [5.41, 5.74) is 2.89. The quantitative estimate of drug-likeness (QED) is 0.607. The summed E-state index contributed by atoms with van der Waals surface area (Å²) >= 11 is 6.18. The summed E-state index contributed by atoms with van der Waals surface area (Å²) in [6.07, 6.45) is 0.585. The van der Waals surface area contributed by atoms with Crippen LogP contribution in [0.4, 0.5) is 0 Å². The lowest BCUT2D eigenvalue weighted by atomic mass is 9.89.